The first kappa shape index (κ1) is 15.7. The Morgan fingerprint density at radius 3 is 2.70 bits per heavy atom. The number of aliphatic hydroxyl groups is 1. The molecule has 3 nitrogen and oxygen atoms in total. The van der Waals surface area contributed by atoms with E-state index in [-0.39, 0.29) is 0 Å². The van der Waals surface area contributed by atoms with Crippen LogP contribution in [0.3, 0.4) is 0 Å². The van der Waals surface area contributed by atoms with E-state index in [1.54, 1.807) is 29.8 Å². The molecule has 5 heteroatoms. The van der Waals surface area contributed by atoms with Crippen molar-refractivity contribution in [3.8, 4) is 0 Å². The minimum atomic E-state index is -0.391. The van der Waals surface area contributed by atoms with Crippen molar-refractivity contribution in [3.63, 3.8) is 0 Å². The van der Waals surface area contributed by atoms with Gasteiger partial charge >= 0.3 is 0 Å². The van der Waals surface area contributed by atoms with Crippen LogP contribution in [-0.2, 0) is 11.2 Å². The quantitative estimate of drug-likeness (QED) is 0.748. The Bertz CT molecular complexity index is 456. The Morgan fingerprint density at radius 2 is 2.05 bits per heavy atom. The smallest absolute Gasteiger partial charge is 0.0785 e. The normalized spacial score (nSPS) is 14.3. The molecule has 20 heavy (non-hydrogen) atoms. The van der Waals surface area contributed by atoms with Gasteiger partial charge in [-0.3, -0.25) is 0 Å². The van der Waals surface area contributed by atoms with E-state index < -0.39 is 6.10 Å². The van der Waals surface area contributed by atoms with Gasteiger partial charge in [0.15, 0.2) is 0 Å². The van der Waals surface area contributed by atoms with E-state index in [4.69, 9.17) is 4.74 Å². The van der Waals surface area contributed by atoms with Crippen molar-refractivity contribution in [3.05, 3.63) is 44.8 Å². The highest BCUT2D eigenvalue weighted by molar-refractivity contribution is 7.10. The molecule has 0 aliphatic rings. The number of nitrogens with one attached hydrogen (secondary N) is 1. The summed E-state index contributed by atoms with van der Waals surface area (Å²) in [7, 11) is 1.61. The fraction of sp³-hybridized carbons (Fsp3) is 0.467. The number of ether oxygens (including phenoxy) is 1. The average Bonchev–Trinajstić information content (AvgIpc) is 3.11. The molecule has 2 heterocycles. The summed E-state index contributed by atoms with van der Waals surface area (Å²) in [6.45, 7) is 1.19. The highest BCUT2D eigenvalue weighted by atomic mass is 32.1. The lowest BCUT2D eigenvalue weighted by Crippen LogP contribution is -2.27. The van der Waals surface area contributed by atoms with Gasteiger partial charge in [0.1, 0.15) is 0 Å². The van der Waals surface area contributed by atoms with Gasteiger partial charge in [0.2, 0.25) is 0 Å². The lowest BCUT2D eigenvalue weighted by atomic mass is 10.1. The van der Waals surface area contributed by atoms with Crippen LogP contribution in [0.2, 0.25) is 0 Å². The predicted molar refractivity (Wildman–Crippen MR) is 85.6 cm³/mol. The van der Waals surface area contributed by atoms with Crippen LogP contribution in [0.15, 0.2) is 35.0 Å². The molecular weight excluding hydrogens is 290 g/mol. The minimum Gasteiger partial charge on any atom is -0.391 e. The van der Waals surface area contributed by atoms with Crippen molar-refractivity contribution in [2.24, 2.45) is 0 Å². The number of aliphatic hydroxyl groups excluding tert-OH is 1. The van der Waals surface area contributed by atoms with Crippen molar-refractivity contribution in [1.82, 2.24) is 5.32 Å². The lowest BCUT2D eigenvalue weighted by Gasteiger charge is -2.18. The highest BCUT2D eigenvalue weighted by Crippen LogP contribution is 2.24. The molecule has 0 aliphatic carbocycles. The Kier molecular flexibility index (Phi) is 6.69. The Hall–Kier alpha value is -0.720. The van der Waals surface area contributed by atoms with Crippen LogP contribution in [-0.4, -0.2) is 31.5 Å². The van der Waals surface area contributed by atoms with E-state index in [1.807, 2.05) is 0 Å². The zero-order valence-corrected chi connectivity index (χ0v) is 13.3. The van der Waals surface area contributed by atoms with Gasteiger partial charge in [-0.25, -0.2) is 0 Å². The van der Waals surface area contributed by atoms with E-state index >= 15 is 0 Å². The lowest BCUT2D eigenvalue weighted by molar-refractivity contribution is 0.0590. The number of hydrogen-bond donors (Lipinski definition) is 2. The predicted octanol–water partition coefficient (Wildman–Crippen LogP) is 3.08. The molecule has 2 atom stereocenters. The second-order valence-corrected chi connectivity index (χ2v) is 6.71. The standard InChI is InChI=1S/C15H21NO2S2/c1-18-11-12(17)6-7-16-14(15-5-3-9-20-15)10-13-4-2-8-19-13/h2-5,8-9,12,14,16-17H,6-7,10-11H2,1H3. The Labute approximate surface area is 128 Å². The summed E-state index contributed by atoms with van der Waals surface area (Å²) >= 11 is 3.57. The first-order valence-electron chi connectivity index (χ1n) is 6.75. The topological polar surface area (TPSA) is 41.5 Å². The average molecular weight is 311 g/mol. The highest BCUT2D eigenvalue weighted by Gasteiger charge is 2.14. The number of methoxy groups -OCH3 is 1. The van der Waals surface area contributed by atoms with Crippen molar-refractivity contribution < 1.29 is 9.84 Å². The van der Waals surface area contributed by atoms with Crippen molar-refractivity contribution in [1.29, 1.82) is 0 Å². The van der Waals surface area contributed by atoms with Gasteiger partial charge in [-0.2, -0.15) is 0 Å². The van der Waals surface area contributed by atoms with E-state index in [1.165, 1.54) is 9.75 Å². The maximum Gasteiger partial charge on any atom is 0.0785 e. The molecule has 0 saturated carbocycles. The molecule has 0 fully saturated rings. The molecule has 2 rings (SSSR count). The summed E-state index contributed by atoms with van der Waals surface area (Å²) in [5.41, 5.74) is 0. The summed E-state index contributed by atoms with van der Waals surface area (Å²) in [6.07, 6.45) is 1.32. The Balaban J connectivity index is 1.87. The van der Waals surface area contributed by atoms with Gasteiger partial charge in [0, 0.05) is 29.3 Å². The van der Waals surface area contributed by atoms with Crippen molar-refractivity contribution >= 4 is 22.7 Å². The van der Waals surface area contributed by atoms with Gasteiger partial charge in [-0.1, -0.05) is 12.1 Å². The maximum absolute atomic E-state index is 9.69. The second kappa shape index (κ2) is 8.54. The first-order valence-corrected chi connectivity index (χ1v) is 8.51. The van der Waals surface area contributed by atoms with Gasteiger partial charge < -0.3 is 15.2 Å². The fourth-order valence-electron chi connectivity index (χ4n) is 2.09. The Morgan fingerprint density at radius 1 is 1.25 bits per heavy atom. The van der Waals surface area contributed by atoms with Gasteiger partial charge in [-0.05, 0) is 35.9 Å². The molecule has 2 N–H and O–H groups in total. The molecule has 0 bridgehead atoms. The van der Waals surface area contributed by atoms with Gasteiger partial charge in [0.05, 0.1) is 12.7 Å². The molecule has 0 radical (unpaired) electrons. The largest absolute Gasteiger partial charge is 0.391 e. The molecule has 0 spiro atoms. The monoisotopic (exact) mass is 311 g/mol. The number of hydrogen-bond acceptors (Lipinski definition) is 5. The van der Waals surface area contributed by atoms with Crippen LogP contribution in [0.25, 0.3) is 0 Å². The molecule has 2 unspecified atom stereocenters. The van der Waals surface area contributed by atoms with Gasteiger partial charge in [0.25, 0.3) is 0 Å². The molecule has 0 amide bonds. The van der Waals surface area contributed by atoms with Crippen LogP contribution < -0.4 is 5.32 Å². The van der Waals surface area contributed by atoms with Crippen LogP contribution in [0, 0.1) is 0 Å². The molecule has 2 aromatic heterocycles. The van der Waals surface area contributed by atoms with Gasteiger partial charge in [-0.15, -0.1) is 22.7 Å². The summed E-state index contributed by atoms with van der Waals surface area (Å²) in [5, 5.41) is 17.5. The van der Waals surface area contributed by atoms with E-state index in [0.29, 0.717) is 19.1 Å². The number of rotatable bonds is 9. The molecule has 110 valence electrons. The summed E-state index contributed by atoms with van der Waals surface area (Å²) < 4.78 is 4.94. The molecule has 2 aromatic rings. The van der Waals surface area contributed by atoms with Crippen LogP contribution >= 0.6 is 22.7 Å². The third kappa shape index (κ3) is 5.00. The number of thiophene rings is 2. The molecular formula is C15H21NO2S2. The molecule has 0 aromatic carbocycles. The van der Waals surface area contributed by atoms with E-state index in [9.17, 15) is 5.11 Å². The summed E-state index contributed by atoms with van der Waals surface area (Å²) in [6, 6.07) is 8.84. The zero-order valence-electron chi connectivity index (χ0n) is 11.6. The van der Waals surface area contributed by atoms with Crippen LogP contribution in [0.4, 0.5) is 0 Å². The summed E-state index contributed by atoms with van der Waals surface area (Å²) in [4.78, 5) is 2.73. The van der Waals surface area contributed by atoms with E-state index in [0.717, 1.165) is 13.0 Å². The van der Waals surface area contributed by atoms with Crippen molar-refractivity contribution in [2.45, 2.75) is 25.0 Å². The fourth-order valence-corrected chi connectivity index (χ4v) is 3.65. The molecule has 0 saturated heterocycles. The zero-order chi connectivity index (χ0) is 14.2. The first-order chi connectivity index (χ1) is 9.79. The maximum atomic E-state index is 9.69. The minimum absolute atomic E-state index is 0.323. The summed E-state index contributed by atoms with van der Waals surface area (Å²) in [5.74, 6) is 0. The van der Waals surface area contributed by atoms with E-state index in [2.05, 4.69) is 40.3 Å². The van der Waals surface area contributed by atoms with Crippen molar-refractivity contribution in [2.75, 3.05) is 20.3 Å². The van der Waals surface area contributed by atoms with Crippen LogP contribution in [0.5, 0.6) is 0 Å². The third-order valence-electron chi connectivity index (χ3n) is 3.10. The molecule has 0 aliphatic heterocycles. The third-order valence-corrected chi connectivity index (χ3v) is 4.98. The second-order valence-electron chi connectivity index (χ2n) is 4.70. The van der Waals surface area contributed by atoms with Crippen LogP contribution in [0.1, 0.15) is 22.2 Å². The SMILES string of the molecule is COCC(O)CCNC(Cc1cccs1)c1cccs1.